The van der Waals surface area contributed by atoms with E-state index in [1.807, 2.05) is 0 Å². The van der Waals surface area contributed by atoms with Gasteiger partial charge in [0, 0.05) is 0 Å². The third kappa shape index (κ3) is 0.901. The van der Waals surface area contributed by atoms with Gasteiger partial charge < -0.3 is 0 Å². The molecule has 0 aromatic rings. The van der Waals surface area contributed by atoms with Gasteiger partial charge in [0.2, 0.25) is 0 Å². The fourth-order valence-electron chi connectivity index (χ4n) is 8.24. The van der Waals surface area contributed by atoms with E-state index >= 15 is 0 Å². The Morgan fingerprint density at radius 2 is 1.29 bits per heavy atom. The van der Waals surface area contributed by atoms with E-state index in [4.69, 9.17) is 0 Å². The van der Waals surface area contributed by atoms with Crippen molar-refractivity contribution in [2.24, 2.45) is 52.8 Å². The summed E-state index contributed by atoms with van der Waals surface area (Å²) in [7, 11) is 0. The van der Waals surface area contributed by atoms with E-state index in [0.717, 1.165) is 23.7 Å². The van der Waals surface area contributed by atoms with Crippen molar-refractivity contribution in [2.45, 2.75) is 52.4 Å². The van der Waals surface area contributed by atoms with Gasteiger partial charge in [-0.3, -0.25) is 0 Å². The van der Waals surface area contributed by atoms with Crippen LogP contribution in [0.3, 0.4) is 0 Å². The molecule has 17 heavy (non-hydrogen) atoms. The van der Waals surface area contributed by atoms with E-state index in [9.17, 15) is 0 Å². The van der Waals surface area contributed by atoms with E-state index in [1.165, 1.54) is 23.7 Å². The van der Waals surface area contributed by atoms with E-state index in [0.29, 0.717) is 5.41 Å². The molecule has 4 bridgehead atoms. The summed E-state index contributed by atoms with van der Waals surface area (Å²) in [5.74, 6) is 9.31. The lowest BCUT2D eigenvalue weighted by Crippen LogP contribution is -2.35. The van der Waals surface area contributed by atoms with Crippen molar-refractivity contribution in [3.63, 3.8) is 0 Å². The summed E-state index contributed by atoms with van der Waals surface area (Å²) in [4.78, 5) is 0. The lowest BCUT2D eigenvalue weighted by molar-refractivity contribution is 0.0716. The molecule has 0 N–H and O–H groups in total. The van der Waals surface area contributed by atoms with Crippen LogP contribution < -0.4 is 0 Å². The summed E-state index contributed by atoms with van der Waals surface area (Å²) >= 11 is 0. The van der Waals surface area contributed by atoms with Gasteiger partial charge in [-0.1, -0.05) is 20.3 Å². The SMILES string of the molecule is CC1(C)C2C3CCCC3C1C1C3CCC(C3)C12. The Hall–Kier alpha value is 0. The summed E-state index contributed by atoms with van der Waals surface area (Å²) < 4.78 is 0. The number of fused-ring (bicyclic) bond motifs is 12. The van der Waals surface area contributed by atoms with Gasteiger partial charge in [0.15, 0.2) is 0 Å². The van der Waals surface area contributed by atoms with Crippen LogP contribution in [-0.4, -0.2) is 0 Å². The summed E-state index contributed by atoms with van der Waals surface area (Å²) in [5.41, 5.74) is 0.715. The van der Waals surface area contributed by atoms with E-state index in [1.54, 1.807) is 38.5 Å². The molecule has 5 rings (SSSR count). The predicted molar refractivity (Wildman–Crippen MR) is 69.4 cm³/mol. The zero-order valence-corrected chi connectivity index (χ0v) is 11.4. The smallest absolute Gasteiger partial charge is 0.0286 e. The molecule has 0 radical (unpaired) electrons. The number of hydrogen-bond donors (Lipinski definition) is 0. The summed E-state index contributed by atoms with van der Waals surface area (Å²) in [6, 6.07) is 0. The minimum atomic E-state index is 0.715. The summed E-state index contributed by atoms with van der Waals surface area (Å²) in [6.07, 6.45) is 9.59. The van der Waals surface area contributed by atoms with Crippen LogP contribution in [0.4, 0.5) is 0 Å². The van der Waals surface area contributed by atoms with Crippen molar-refractivity contribution in [3.8, 4) is 0 Å². The summed E-state index contributed by atoms with van der Waals surface area (Å²) in [6.45, 7) is 5.30. The molecule has 8 atom stereocenters. The minimum Gasteiger partial charge on any atom is -0.0593 e. The third-order valence-corrected chi connectivity index (χ3v) is 8.14. The molecule has 5 saturated carbocycles. The summed E-state index contributed by atoms with van der Waals surface area (Å²) in [5, 5.41) is 0. The molecule has 0 aromatic heterocycles. The van der Waals surface area contributed by atoms with Gasteiger partial charge in [-0.2, -0.15) is 0 Å². The molecule has 0 aromatic carbocycles. The first kappa shape index (κ1) is 9.87. The largest absolute Gasteiger partial charge is 0.0593 e. The lowest BCUT2D eigenvalue weighted by Gasteiger charge is -2.40. The topological polar surface area (TPSA) is 0 Å². The molecule has 0 saturated heterocycles. The van der Waals surface area contributed by atoms with Crippen LogP contribution in [0.15, 0.2) is 0 Å². The molecule has 0 aliphatic heterocycles. The lowest BCUT2D eigenvalue weighted by atomic mass is 9.64. The Bertz CT molecular complexity index is 336. The molecule has 5 aliphatic rings. The maximum Gasteiger partial charge on any atom is -0.0286 e. The highest BCUT2D eigenvalue weighted by Gasteiger charge is 2.72. The maximum absolute atomic E-state index is 2.65. The van der Waals surface area contributed by atoms with E-state index in [2.05, 4.69) is 13.8 Å². The maximum atomic E-state index is 2.65. The first-order valence-electron chi connectivity index (χ1n) is 8.19. The standard InChI is InChI=1S/C17H26/c1-17(2)15-11-4-3-5-12(11)16(17)14-10-7-6-9(8-10)13(14)15/h9-16H,3-8H2,1-2H3. The first-order valence-corrected chi connectivity index (χ1v) is 8.19. The molecular formula is C17H26. The Labute approximate surface area is 106 Å². The van der Waals surface area contributed by atoms with Crippen molar-refractivity contribution in [2.75, 3.05) is 0 Å². The van der Waals surface area contributed by atoms with Crippen molar-refractivity contribution >= 4 is 0 Å². The van der Waals surface area contributed by atoms with Crippen molar-refractivity contribution < 1.29 is 0 Å². The highest BCUT2D eigenvalue weighted by Crippen LogP contribution is 2.78. The Balaban J connectivity index is 1.65. The van der Waals surface area contributed by atoms with E-state index in [-0.39, 0.29) is 0 Å². The fraction of sp³-hybridized carbons (Fsp3) is 1.00. The van der Waals surface area contributed by atoms with Crippen LogP contribution in [-0.2, 0) is 0 Å². The molecule has 5 fully saturated rings. The molecule has 0 spiro atoms. The second-order valence-corrected chi connectivity index (χ2v) is 8.62. The van der Waals surface area contributed by atoms with Gasteiger partial charge in [0.05, 0.1) is 0 Å². The van der Waals surface area contributed by atoms with Crippen LogP contribution in [0, 0.1) is 52.8 Å². The predicted octanol–water partition coefficient (Wildman–Crippen LogP) is 4.35. The zero-order valence-electron chi connectivity index (χ0n) is 11.4. The number of hydrogen-bond acceptors (Lipinski definition) is 0. The molecule has 0 heterocycles. The van der Waals surface area contributed by atoms with Crippen LogP contribution in [0.25, 0.3) is 0 Å². The Morgan fingerprint density at radius 3 is 1.82 bits per heavy atom. The molecule has 94 valence electrons. The highest BCUT2D eigenvalue weighted by molar-refractivity contribution is 5.20. The van der Waals surface area contributed by atoms with Crippen LogP contribution >= 0.6 is 0 Å². The van der Waals surface area contributed by atoms with E-state index < -0.39 is 0 Å². The van der Waals surface area contributed by atoms with Crippen molar-refractivity contribution in [1.82, 2.24) is 0 Å². The normalized spacial score (nSPS) is 65.3. The van der Waals surface area contributed by atoms with Crippen LogP contribution in [0.1, 0.15) is 52.4 Å². The molecule has 5 aliphatic carbocycles. The zero-order chi connectivity index (χ0) is 11.4. The average Bonchev–Trinajstić information content (AvgIpc) is 3.00. The minimum absolute atomic E-state index is 0.715. The second-order valence-electron chi connectivity index (χ2n) is 8.62. The second kappa shape index (κ2) is 2.78. The third-order valence-electron chi connectivity index (χ3n) is 8.14. The van der Waals surface area contributed by atoms with Gasteiger partial charge in [0.1, 0.15) is 0 Å². The molecule has 0 heteroatoms. The Kier molecular flexibility index (Phi) is 1.61. The van der Waals surface area contributed by atoms with Gasteiger partial charge in [-0.05, 0) is 84.9 Å². The first-order chi connectivity index (χ1) is 8.19. The number of rotatable bonds is 0. The van der Waals surface area contributed by atoms with Crippen molar-refractivity contribution in [1.29, 1.82) is 0 Å². The van der Waals surface area contributed by atoms with Crippen LogP contribution in [0.2, 0.25) is 0 Å². The van der Waals surface area contributed by atoms with Crippen molar-refractivity contribution in [3.05, 3.63) is 0 Å². The molecule has 8 unspecified atom stereocenters. The quantitative estimate of drug-likeness (QED) is 0.543. The van der Waals surface area contributed by atoms with Gasteiger partial charge in [-0.25, -0.2) is 0 Å². The fourth-order valence-corrected chi connectivity index (χ4v) is 8.24. The molecule has 0 nitrogen and oxygen atoms in total. The molecule has 0 amide bonds. The van der Waals surface area contributed by atoms with Crippen LogP contribution in [0.5, 0.6) is 0 Å². The van der Waals surface area contributed by atoms with Gasteiger partial charge in [0.25, 0.3) is 0 Å². The monoisotopic (exact) mass is 230 g/mol. The molecular weight excluding hydrogens is 204 g/mol. The van der Waals surface area contributed by atoms with Gasteiger partial charge >= 0.3 is 0 Å². The van der Waals surface area contributed by atoms with Gasteiger partial charge in [-0.15, -0.1) is 0 Å². The Morgan fingerprint density at radius 1 is 0.765 bits per heavy atom. The average molecular weight is 230 g/mol. The highest BCUT2D eigenvalue weighted by atomic mass is 14.8.